The predicted octanol–water partition coefficient (Wildman–Crippen LogP) is 3.49. The van der Waals surface area contributed by atoms with Crippen molar-refractivity contribution >= 4 is 28.7 Å². The molecule has 4 heterocycles. The van der Waals surface area contributed by atoms with E-state index in [1.54, 1.807) is 11.3 Å². The molecule has 118 valence electrons. The van der Waals surface area contributed by atoms with Crippen LogP contribution in [-0.4, -0.2) is 28.0 Å². The van der Waals surface area contributed by atoms with Gasteiger partial charge < -0.3 is 10.1 Å². The third-order valence-electron chi connectivity index (χ3n) is 4.00. The fraction of sp³-hybridized carbons (Fsp3) is 0.294. The van der Waals surface area contributed by atoms with Crippen LogP contribution in [0.15, 0.2) is 35.8 Å². The number of carbonyl (C=O) groups excluding carboxylic acids is 1. The molecule has 1 aliphatic heterocycles. The third-order valence-corrected chi connectivity index (χ3v) is 4.88. The van der Waals surface area contributed by atoms with Gasteiger partial charge in [-0.2, -0.15) is 0 Å². The van der Waals surface area contributed by atoms with Gasteiger partial charge in [0.05, 0.1) is 4.88 Å². The zero-order valence-corrected chi connectivity index (χ0v) is 13.6. The van der Waals surface area contributed by atoms with E-state index < -0.39 is 0 Å². The van der Waals surface area contributed by atoms with Gasteiger partial charge >= 0.3 is 0 Å². The Morgan fingerprint density at radius 2 is 2.39 bits per heavy atom. The molecule has 4 rings (SSSR count). The number of rotatable bonds is 3. The second-order valence-corrected chi connectivity index (χ2v) is 6.66. The van der Waals surface area contributed by atoms with E-state index in [9.17, 15) is 4.79 Å². The van der Waals surface area contributed by atoms with Crippen molar-refractivity contribution in [1.82, 2.24) is 9.38 Å². The topological polar surface area (TPSA) is 55.6 Å². The largest absolute Gasteiger partial charge is 0.368 e. The van der Waals surface area contributed by atoms with E-state index in [0.717, 1.165) is 34.6 Å². The van der Waals surface area contributed by atoms with Crippen LogP contribution in [0.1, 0.15) is 18.4 Å². The average molecular weight is 327 g/mol. The van der Waals surface area contributed by atoms with Gasteiger partial charge in [0.1, 0.15) is 23.3 Å². The van der Waals surface area contributed by atoms with Crippen LogP contribution < -0.4 is 5.32 Å². The summed E-state index contributed by atoms with van der Waals surface area (Å²) in [5.41, 5.74) is 2.77. The van der Waals surface area contributed by atoms with Gasteiger partial charge in [-0.1, -0.05) is 6.07 Å². The van der Waals surface area contributed by atoms with E-state index in [1.807, 2.05) is 47.2 Å². The van der Waals surface area contributed by atoms with Crippen LogP contribution in [0.3, 0.4) is 0 Å². The normalized spacial score (nSPS) is 17.7. The summed E-state index contributed by atoms with van der Waals surface area (Å²) in [4.78, 5) is 18.2. The maximum atomic E-state index is 12.5. The zero-order chi connectivity index (χ0) is 15.8. The first-order valence-electron chi connectivity index (χ1n) is 7.67. The Bertz CT molecular complexity index is 848. The molecule has 0 radical (unpaired) electrons. The van der Waals surface area contributed by atoms with Crippen LogP contribution in [0, 0.1) is 6.92 Å². The Hall–Kier alpha value is -2.18. The molecule has 3 aromatic heterocycles. The Morgan fingerprint density at radius 1 is 1.48 bits per heavy atom. The molecule has 0 aliphatic carbocycles. The maximum absolute atomic E-state index is 12.5. The number of imidazole rings is 1. The molecule has 1 amide bonds. The van der Waals surface area contributed by atoms with Gasteiger partial charge in [-0.15, -0.1) is 11.3 Å². The summed E-state index contributed by atoms with van der Waals surface area (Å²) >= 11 is 1.61. The van der Waals surface area contributed by atoms with Crippen molar-refractivity contribution < 1.29 is 9.53 Å². The summed E-state index contributed by atoms with van der Waals surface area (Å²) in [6, 6.07) is 8.02. The number of anilines is 1. The minimum Gasteiger partial charge on any atom is -0.368 e. The van der Waals surface area contributed by atoms with E-state index in [1.165, 1.54) is 0 Å². The lowest BCUT2D eigenvalue weighted by molar-refractivity contribution is -0.124. The number of nitrogens with one attached hydrogen (secondary N) is 1. The molecule has 0 aromatic carbocycles. The highest BCUT2D eigenvalue weighted by atomic mass is 32.1. The van der Waals surface area contributed by atoms with Crippen molar-refractivity contribution in [2.45, 2.75) is 25.9 Å². The van der Waals surface area contributed by atoms with Gasteiger partial charge in [-0.3, -0.25) is 9.20 Å². The van der Waals surface area contributed by atoms with Gasteiger partial charge in [0.15, 0.2) is 0 Å². The lowest BCUT2D eigenvalue weighted by Crippen LogP contribution is -2.27. The Kier molecular flexibility index (Phi) is 3.63. The molecule has 0 spiro atoms. The Balaban J connectivity index is 1.79. The molecule has 0 unspecified atom stereocenters. The van der Waals surface area contributed by atoms with Crippen molar-refractivity contribution in [3.05, 3.63) is 41.4 Å². The molecule has 1 saturated heterocycles. The van der Waals surface area contributed by atoms with Gasteiger partial charge in [-0.25, -0.2) is 4.98 Å². The first-order valence-corrected chi connectivity index (χ1v) is 8.55. The lowest BCUT2D eigenvalue weighted by atomic mass is 10.2. The zero-order valence-electron chi connectivity index (χ0n) is 12.8. The number of nitrogens with zero attached hydrogens (tertiary/aromatic N) is 2. The van der Waals surface area contributed by atoms with E-state index in [0.29, 0.717) is 12.4 Å². The van der Waals surface area contributed by atoms with Crippen molar-refractivity contribution in [2.75, 3.05) is 11.9 Å². The van der Waals surface area contributed by atoms with Crippen LogP contribution >= 0.6 is 11.3 Å². The van der Waals surface area contributed by atoms with E-state index in [-0.39, 0.29) is 12.0 Å². The van der Waals surface area contributed by atoms with Crippen LogP contribution in [-0.2, 0) is 9.53 Å². The second kappa shape index (κ2) is 5.79. The van der Waals surface area contributed by atoms with E-state index in [4.69, 9.17) is 9.72 Å². The van der Waals surface area contributed by atoms with Crippen LogP contribution in [0.4, 0.5) is 5.82 Å². The number of hydrogen-bond acceptors (Lipinski definition) is 4. The smallest absolute Gasteiger partial charge is 0.254 e. The summed E-state index contributed by atoms with van der Waals surface area (Å²) in [6.45, 7) is 2.69. The van der Waals surface area contributed by atoms with Crippen LogP contribution in [0.2, 0.25) is 0 Å². The molecular formula is C17H17N3O2S. The third kappa shape index (κ3) is 2.64. The minimum absolute atomic E-state index is 0.0947. The molecule has 5 nitrogen and oxygen atoms in total. The van der Waals surface area contributed by atoms with Gasteiger partial charge in [-0.05, 0) is 48.9 Å². The minimum atomic E-state index is -0.359. The van der Waals surface area contributed by atoms with Crippen LogP contribution in [0.25, 0.3) is 16.2 Å². The molecule has 23 heavy (non-hydrogen) atoms. The SMILES string of the molecule is Cc1ccn2c(NC(=O)[C@@H]3CCCO3)c(-c3cccs3)nc2c1. The highest BCUT2D eigenvalue weighted by Gasteiger charge is 2.26. The highest BCUT2D eigenvalue weighted by Crippen LogP contribution is 2.32. The number of amides is 1. The Labute approximate surface area is 137 Å². The van der Waals surface area contributed by atoms with Crippen molar-refractivity contribution in [2.24, 2.45) is 0 Å². The summed E-state index contributed by atoms with van der Waals surface area (Å²) < 4.78 is 7.41. The molecule has 3 aromatic rings. The highest BCUT2D eigenvalue weighted by molar-refractivity contribution is 7.13. The molecule has 1 atom stereocenters. The van der Waals surface area contributed by atoms with Gasteiger partial charge in [0.25, 0.3) is 5.91 Å². The summed E-state index contributed by atoms with van der Waals surface area (Å²) in [5.74, 6) is 0.616. The number of aromatic nitrogens is 2. The van der Waals surface area contributed by atoms with Gasteiger partial charge in [0.2, 0.25) is 0 Å². The van der Waals surface area contributed by atoms with Crippen LogP contribution in [0.5, 0.6) is 0 Å². The first kappa shape index (κ1) is 14.4. The summed E-state index contributed by atoms with van der Waals surface area (Å²) in [6.07, 6.45) is 3.29. The molecular weight excluding hydrogens is 310 g/mol. The van der Waals surface area contributed by atoms with E-state index in [2.05, 4.69) is 5.32 Å². The number of pyridine rings is 1. The fourth-order valence-corrected chi connectivity index (χ4v) is 3.55. The quantitative estimate of drug-likeness (QED) is 0.801. The van der Waals surface area contributed by atoms with Gasteiger partial charge in [0, 0.05) is 12.8 Å². The summed E-state index contributed by atoms with van der Waals surface area (Å²) in [7, 11) is 0. The Morgan fingerprint density at radius 3 is 3.13 bits per heavy atom. The molecule has 1 aliphatic rings. The van der Waals surface area contributed by atoms with Crippen molar-refractivity contribution in [3.63, 3.8) is 0 Å². The van der Waals surface area contributed by atoms with E-state index >= 15 is 0 Å². The number of thiophene rings is 1. The second-order valence-electron chi connectivity index (χ2n) is 5.71. The molecule has 6 heteroatoms. The fourth-order valence-electron chi connectivity index (χ4n) is 2.83. The van der Waals surface area contributed by atoms with Crippen molar-refractivity contribution in [1.29, 1.82) is 0 Å². The number of aryl methyl sites for hydroxylation is 1. The molecule has 0 bridgehead atoms. The summed E-state index contributed by atoms with van der Waals surface area (Å²) in [5, 5.41) is 5.04. The van der Waals surface area contributed by atoms with Crippen molar-refractivity contribution in [3.8, 4) is 10.6 Å². The standard InChI is InChI=1S/C17H17N3O2S/c1-11-6-7-20-14(10-11)18-15(13-5-3-9-23-13)16(20)19-17(21)12-4-2-8-22-12/h3,5-7,9-10,12H,2,4,8H2,1H3,(H,19,21)/t12-/m0/s1. The molecule has 1 N–H and O–H groups in total. The number of carbonyl (C=O) groups is 1. The number of hydrogen-bond donors (Lipinski definition) is 1. The predicted molar refractivity (Wildman–Crippen MR) is 90.8 cm³/mol. The maximum Gasteiger partial charge on any atom is 0.254 e. The number of fused-ring (bicyclic) bond motifs is 1. The first-order chi connectivity index (χ1) is 11.2. The monoisotopic (exact) mass is 327 g/mol. The molecule has 0 saturated carbocycles. The lowest BCUT2D eigenvalue weighted by Gasteiger charge is -2.11. The average Bonchev–Trinajstić information content (AvgIpc) is 3.28. The molecule has 1 fully saturated rings. The number of ether oxygens (including phenoxy) is 1.